The fraction of sp³-hybridized carbons (Fsp3) is 0.583. The van der Waals surface area contributed by atoms with Gasteiger partial charge in [0.05, 0.1) is 5.69 Å². The molecule has 0 spiro atoms. The molecule has 1 fully saturated rings. The van der Waals surface area contributed by atoms with Crippen LogP contribution in [0.3, 0.4) is 0 Å². The molecule has 1 heterocycles. The molecule has 1 saturated carbocycles. The Bertz CT molecular complexity index is 303. The topological polar surface area (TPSA) is 24.9 Å². The van der Waals surface area contributed by atoms with Gasteiger partial charge in [0.15, 0.2) is 0 Å². The van der Waals surface area contributed by atoms with E-state index < -0.39 is 11.2 Å². The molecule has 2 rings (SSSR count). The van der Waals surface area contributed by atoms with Crippen molar-refractivity contribution >= 4 is 30.3 Å². The summed E-state index contributed by atoms with van der Waals surface area (Å²) in [6, 6.07) is 6.82. The van der Waals surface area contributed by atoms with Crippen LogP contribution in [-0.2, 0) is 17.7 Å². The summed E-state index contributed by atoms with van der Waals surface area (Å²) in [5.41, 5.74) is 1.15. The second-order valence-corrected chi connectivity index (χ2v) is 9.66. The van der Waals surface area contributed by atoms with Crippen LogP contribution >= 0.6 is 30.3 Å². The number of hydrogen-bond donors (Lipinski definition) is 1. The second-order valence-electron chi connectivity index (χ2n) is 4.19. The van der Waals surface area contributed by atoms with E-state index in [1.54, 1.807) is 0 Å². The first kappa shape index (κ1) is 16.6. The van der Waals surface area contributed by atoms with Gasteiger partial charge in [0, 0.05) is 18.8 Å². The summed E-state index contributed by atoms with van der Waals surface area (Å²) in [6.45, 7) is 0.922. The van der Waals surface area contributed by atoms with Crippen LogP contribution in [0.25, 0.3) is 0 Å². The maximum atomic E-state index is 4.89. The van der Waals surface area contributed by atoms with Crippen LogP contribution in [0.15, 0.2) is 24.4 Å². The van der Waals surface area contributed by atoms with Crippen LogP contribution in [-0.4, -0.2) is 11.0 Å². The van der Waals surface area contributed by atoms with E-state index >= 15 is 0 Å². The molecule has 0 bridgehead atoms. The Morgan fingerprint density at radius 1 is 1.17 bits per heavy atom. The third-order valence-corrected chi connectivity index (χ3v) is 2.90. The number of halogens is 3. The molecule has 18 heavy (non-hydrogen) atoms. The van der Waals surface area contributed by atoms with Crippen molar-refractivity contribution in [2.75, 3.05) is 0 Å². The smallest absolute Gasteiger partial charge is 0.0541 e. The Morgan fingerprint density at radius 2 is 1.83 bits per heavy atom. The van der Waals surface area contributed by atoms with Gasteiger partial charge in [0.1, 0.15) is 0 Å². The summed E-state index contributed by atoms with van der Waals surface area (Å²) in [7, 11) is 14.7. The van der Waals surface area contributed by atoms with Crippen molar-refractivity contribution in [3.05, 3.63) is 30.1 Å². The summed E-state index contributed by atoms with van der Waals surface area (Å²) in [5, 5.41) is 3.58. The van der Waals surface area contributed by atoms with Crippen molar-refractivity contribution in [3.8, 4) is 0 Å². The van der Waals surface area contributed by atoms with E-state index in [4.69, 9.17) is 30.3 Å². The molecule has 0 amide bonds. The third-order valence-electron chi connectivity index (χ3n) is 2.90. The van der Waals surface area contributed by atoms with Crippen LogP contribution in [0, 0.1) is 0 Å². The molecule has 2 nitrogen and oxygen atoms in total. The summed E-state index contributed by atoms with van der Waals surface area (Å²) < 4.78 is 0. The van der Waals surface area contributed by atoms with Crippen LogP contribution in [0.4, 0.5) is 0 Å². The van der Waals surface area contributed by atoms with Gasteiger partial charge in [0.25, 0.3) is 0 Å². The molecule has 0 aromatic carbocycles. The molecule has 1 aliphatic carbocycles. The Labute approximate surface area is 126 Å². The van der Waals surface area contributed by atoms with Crippen molar-refractivity contribution < 1.29 is 11.2 Å². The molecule has 1 aromatic heterocycles. The van der Waals surface area contributed by atoms with Gasteiger partial charge in [-0.15, -0.1) is 0 Å². The maximum Gasteiger partial charge on any atom is 0.0541 e. The van der Waals surface area contributed by atoms with Crippen LogP contribution in [0.5, 0.6) is 0 Å². The maximum absolute atomic E-state index is 4.89. The Kier molecular flexibility index (Phi) is 9.48. The minimum absolute atomic E-state index is 0.728. The average Bonchev–Trinajstić information content (AvgIpc) is 2.38. The third kappa shape index (κ3) is 8.58. The average molecular weight is 352 g/mol. The van der Waals surface area contributed by atoms with Crippen molar-refractivity contribution in [2.24, 2.45) is 0 Å². The first-order valence-corrected chi connectivity index (χ1v) is 10.5. The molecular formula is C12H18Cl3FeN2. The van der Waals surface area contributed by atoms with Gasteiger partial charge in [-0.1, -0.05) is 25.3 Å². The van der Waals surface area contributed by atoms with Crippen LogP contribution < -0.4 is 5.32 Å². The molecule has 1 aliphatic rings. The van der Waals surface area contributed by atoms with E-state index in [1.807, 2.05) is 18.3 Å². The van der Waals surface area contributed by atoms with Gasteiger partial charge < -0.3 is 5.32 Å². The zero-order chi connectivity index (χ0) is 13.2. The molecular weight excluding hydrogens is 334 g/mol. The number of rotatable bonds is 3. The van der Waals surface area contributed by atoms with Gasteiger partial charge in [-0.05, 0) is 25.0 Å². The summed E-state index contributed by atoms with van der Waals surface area (Å²) in [5.74, 6) is 0. The Morgan fingerprint density at radius 3 is 2.39 bits per heavy atom. The molecule has 6 heteroatoms. The molecule has 0 atom stereocenters. The van der Waals surface area contributed by atoms with Crippen LogP contribution in [0.1, 0.15) is 37.8 Å². The van der Waals surface area contributed by atoms with Crippen molar-refractivity contribution in [3.63, 3.8) is 0 Å². The minimum Gasteiger partial charge on any atom is -0.308 e. The van der Waals surface area contributed by atoms with E-state index in [0.29, 0.717) is 0 Å². The molecule has 0 aliphatic heterocycles. The zero-order valence-electron chi connectivity index (χ0n) is 10.1. The number of nitrogens with one attached hydrogen (secondary N) is 1. The number of nitrogens with zero attached hydrogens (tertiary/aromatic N) is 1. The van der Waals surface area contributed by atoms with Gasteiger partial charge >= 0.3 is 41.5 Å². The summed E-state index contributed by atoms with van der Waals surface area (Å²) in [4.78, 5) is 4.30. The van der Waals surface area contributed by atoms with Gasteiger partial charge in [-0.25, -0.2) is 0 Å². The predicted molar refractivity (Wildman–Crippen MR) is 75.5 cm³/mol. The molecule has 0 unspecified atom stereocenters. The largest absolute Gasteiger partial charge is 0.308 e. The van der Waals surface area contributed by atoms with E-state index in [2.05, 4.69) is 16.4 Å². The predicted octanol–water partition coefficient (Wildman–Crippen LogP) is 4.57. The van der Waals surface area contributed by atoms with Crippen molar-refractivity contribution in [1.29, 1.82) is 0 Å². The Hall–Kier alpha value is 0.499. The van der Waals surface area contributed by atoms with Crippen molar-refractivity contribution in [1.82, 2.24) is 10.3 Å². The van der Waals surface area contributed by atoms with E-state index in [0.717, 1.165) is 18.3 Å². The summed E-state index contributed by atoms with van der Waals surface area (Å²) >= 11 is -1.33. The van der Waals surface area contributed by atoms with E-state index in [1.165, 1.54) is 32.1 Å². The van der Waals surface area contributed by atoms with Gasteiger partial charge in [0.2, 0.25) is 0 Å². The van der Waals surface area contributed by atoms with E-state index in [9.17, 15) is 0 Å². The monoisotopic (exact) mass is 351 g/mol. The zero-order valence-corrected chi connectivity index (χ0v) is 13.4. The quantitative estimate of drug-likeness (QED) is 0.806. The first-order valence-electron chi connectivity index (χ1n) is 5.98. The SMILES string of the molecule is [Cl][Fe]([Cl])[Cl].c1ccc(CNC2CCCCC2)nc1. The van der Waals surface area contributed by atoms with Crippen LogP contribution in [0.2, 0.25) is 0 Å². The number of pyridine rings is 1. The van der Waals surface area contributed by atoms with Crippen molar-refractivity contribution in [2.45, 2.75) is 44.7 Å². The number of aromatic nitrogens is 1. The minimum atomic E-state index is -1.33. The van der Waals surface area contributed by atoms with E-state index in [-0.39, 0.29) is 0 Å². The molecule has 105 valence electrons. The summed E-state index contributed by atoms with van der Waals surface area (Å²) in [6.07, 6.45) is 8.74. The first-order chi connectivity index (χ1) is 8.68. The fourth-order valence-electron chi connectivity index (χ4n) is 2.06. The molecule has 1 N–H and O–H groups in total. The second kappa shape index (κ2) is 10.3. The standard InChI is InChI=1S/C12H18N2.3ClH.Fe/c1-2-6-11(7-3-1)14-10-12-8-4-5-9-13-12;;;;/h4-5,8-9,11,14H,1-3,6-7,10H2;3*1H;/q;;;;+3/p-3. The molecule has 0 saturated heterocycles. The molecule has 1 aromatic rings. The fourth-order valence-corrected chi connectivity index (χ4v) is 2.06. The Balaban J connectivity index is 0.000000357. The molecule has 0 radical (unpaired) electrons. The van der Waals surface area contributed by atoms with Gasteiger partial charge in [-0.2, -0.15) is 0 Å². The normalized spacial score (nSPS) is 16.7. The van der Waals surface area contributed by atoms with Gasteiger partial charge in [-0.3, -0.25) is 4.98 Å². The number of hydrogen-bond acceptors (Lipinski definition) is 2.